The minimum absolute atomic E-state index is 0.0497. The average molecular weight is 493 g/mol. The average Bonchev–Trinajstić information content (AvgIpc) is 2.89. The van der Waals surface area contributed by atoms with E-state index in [1.54, 1.807) is 6.07 Å². The lowest BCUT2D eigenvalue weighted by Gasteiger charge is -2.23. The molecule has 6 nitrogen and oxygen atoms in total. The second-order valence-corrected chi connectivity index (χ2v) is 9.10. The molecule has 1 atom stereocenters. The zero-order valence-corrected chi connectivity index (χ0v) is 17.7. The molecule has 3 rings (SSSR count). The third-order valence-electron chi connectivity index (χ3n) is 4.28. The Labute approximate surface area is 173 Å². The number of hydrogen-bond acceptors (Lipinski definition) is 4. The van der Waals surface area contributed by atoms with Gasteiger partial charge in [0.25, 0.3) is 10.0 Å². The van der Waals surface area contributed by atoms with Crippen molar-refractivity contribution < 1.29 is 31.1 Å². The smallest absolute Gasteiger partial charge is 0.406 e. The number of carbonyl (C=O) groups is 1. The van der Waals surface area contributed by atoms with Gasteiger partial charge in [-0.3, -0.25) is 9.52 Å². The number of benzene rings is 2. The quantitative estimate of drug-likeness (QED) is 0.684. The van der Waals surface area contributed by atoms with Crippen LogP contribution in [0.3, 0.4) is 0 Å². The number of anilines is 2. The molecule has 0 saturated carbocycles. The molecule has 1 heterocycles. The summed E-state index contributed by atoms with van der Waals surface area (Å²) in [5.41, 5.74) is 1.06. The number of rotatable bonds is 4. The zero-order chi connectivity index (χ0) is 21.6. The summed E-state index contributed by atoms with van der Waals surface area (Å²) in [5.74, 6) is -0.760. The highest BCUT2D eigenvalue weighted by Crippen LogP contribution is 2.40. The third kappa shape index (κ3) is 4.67. The fraction of sp³-hybridized carbons (Fsp3) is 0.278. The van der Waals surface area contributed by atoms with Crippen LogP contribution in [0.1, 0.15) is 19.4 Å². The Morgan fingerprint density at radius 2 is 1.86 bits per heavy atom. The van der Waals surface area contributed by atoms with Crippen LogP contribution in [0.4, 0.5) is 24.5 Å². The van der Waals surface area contributed by atoms with Crippen LogP contribution in [0.5, 0.6) is 5.75 Å². The number of ether oxygens (including phenoxy) is 1. The van der Waals surface area contributed by atoms with Crippen LogP contribution in [0.25, 0.3) is 0 Å². The van der Waals surface area contributed by atoms with Crippen molar-refractivity contribution in [3.8, 4) is 5.75 Å². The molecule has 11 heteroatoms. The molecule has 2 aromatic carbocycles. The summed E-state index contributed by atoms with van der Waals surface area (Å²) in [7, 11) is -4.14. The fourth-order valence-electron chi connectivity index (χ4n) is 3.29. The maximum atomic E-state index is 13.0. The van der Waals surface area contributed by atoms with Crippen molar-refractivity contribution in [2.75, 3.05) is 9.62 Å². The van der Waals surface area contributed by atoms with Gasteiger partial charge in [0.05, 0.1) is 5.69 Å². The van der Waals surface area contributed by atoms with Crippen molar-refractivity contribution in [3.63, 3.8) is 0 Å². The van der Waals surface area contributed by atoms with Gasteiger partial charge in [-0.15, -0.1) is 13.2 Å². The Kier molecular flexibility index (Phi) is 5.56. The van der Waals surface area contributed by atoms with Gasteiger partial charge in [0.2, 0.25) is 5.91 Å². The Morgan fingerprint density at radius 3 is 2.41 bits per heavy atom. The largest absolute Gasteiger partial charge is 0.573 e. The predicted molar refractivity (Wildman–Crippen MR) is 104 cm³/mol. The summed E-state index contributed by atoms with van der Waals surface area (Å²) >= 11 is 3.29. The summed E-state index contributed by atoms with van der Waals surface area (Å²) in [5, 5.41) is 0. The maximum absolute atomic E-state index is 13.0. The second-order valence-electron chi connectivity index (χ2n) is 6.53. The van der Waals surface area contributed by atoms with Crippen molar-refractivity contribution in [2.24, 2.45) is 0 Å². The molecule has 0 fully saturated rings. The van der Waals surface area contributed by atoms with Crippen LogP contribution in [0, 0.1) is 0 Å². The summed E-state index contributed by atoms with van der Waals surface area (Å²) in [6, 6.07) is 7.25. The molecule has 2 aromatic rings. The number of nitrogens with zero attached hydrogens (tertiary/aromatic N) is 1. The van der Waals surface area contributed by atoms with Gasteiger partial charge in [-0.1, -0.05) is 15.9 Å². The van der Waals surface area contributed by atoms with E-state index >= 15 is 0 Å². The van der Waals surface area contributed by atoms with Gasteiger partial charge in [-0.05, 0) is 55.3 Å². The molecule has 1 aliphatic rings. The van der Waals surface area contributed by atoms with E-state index in [2.05, 4.69) is 25.4 Å². The van der Waals surface area contributed by atoms with Crippen LogP contribution in [0.15, 0.2) is 45.8 Å². The van der Waals surface area contributed by atoms with Gasteiger partial charge >= 0.3 is 6.36 Å². The molecular weight excluding hydrogens is 477 g/mol. The molecule has 0 saturated heterocycles. The SMILES string of the molecule is CC(=O)N1c2c(cc(Br)cc2S(=O)(=O)Nc2ccc(OC(F)(F)F)cc2)CC1C. The number of fused-ring (bicyclic) bond motifs is 1. The molecule has 0 radical (unpaired) electrons. The Balaban J connectivity index is 1.96. The van der Waals surface area contributed by atoms with Gasteiger partial charge in [-0.25, -0.2) is 8.42 Å². The number of nitrogens with one attached hydrogen (secondary N) is 1. The first-order valence-corrected chi connectivity index (χ1v) is 10.7. The summed E-state index contributed by atoms with van der Waals surface area (Å²) in [4.78, 5) is 13.4. The molecule has 29 heavy (non-hydrogen) atoms. The second kappa shape index (κ2) is 7.52. The van der Waals surface area contributed by atoms with E-state index in [0.29, 0.717) is 22.1 Å². The lowest BCUT2D eigenvalue weighted by Crippen LogP contribution is -2.34. The minimum atomic E-state index is -4.84. The molecule has 0 bridgehead atoms. The van der Waals surface area contributed by atoms with Gasteiger partial charge in [-0.2, -0.15) is 0 Å². The van der Waals surface area contributed by atoms with E-state index in [1.165, 1.54) is 17.9 Å². The number of hydrogen-bond donors (Lipinski definition) is 1. The third-order valence-corrected chi connectivity index (χ3v) is 6.14. The molecule has 1 aliphatic heterocycles. The summed E-state index contributed by atoms with van der Waals surface area (Å²) < 4.78 is 69.5. The van der Waals surface area contributed by atoms with E-state index in [0.717, 1.165) is 24.3 Å². The first-order chi connectivity index (χ1) is 13.4. The highest BCUT2D eigenvalue weighted by molar-refractivity contribution is 9.10. The molecule has 1 amide bonds. The lowest BCUT2D eigenvalue weighted by molar-refractivity contribution is -0.274. The van der Waals surface area contributed by atoms with Gasteiger partial charge < -0.3 is 9.64 Å². The Morgan fingerprint density at radius 1 is 1.24 bits per heavy atom. The van der Waals surface area contributed by atoms with E-state index in [-0.39, 0.29) is 22.5 Å². The minimum Gasteiger partial charge on any atom is -0.406 e. The standard InChI is InChI=1S/C18H16BrF3N2O4S/c1-10-7-12-8-13(19)9-16(17(12)24(10)11(2)25)29(26,27)23-14-3-5-15(6-4-14)28-18(20,21)22/h3-6,8-10,23H,7H2,1-2H3. The Hall–Kier alpha value is -2.27. The van der Waals surface area contributed by atoms with E-state index < -0.39 is 22.1 Å². The zero-order valence-electron chi connectivity index (χ0n) is 15.2. The van der Waals surface area contributed by atoms with E-state index in [1.807, 2.05) is 6.92 Å². The molecule has 0 aliphatic carbocycles. The molecule has 0 spiro atoms. The van der Waals surface area contributed by atoms with Crippen LogP contribution in [-0.4, -0.2) is 26.7 Å². The summed E-state index contributed by atoms with van der Waals surface area (Å²) in [6.45, 7) is 3.18. The number of sulfonamides is 1. The molecule has 1 N–H and O–H groups in total. The van der Waals surface area contributed by atoms with E-state index in [9.17, 15) is 26.4 Å². The fourth-order valence-corrected chi connectivity index (χ4v) is 5.27. The molecule has 1 unspecified atom stereocenters. The van der Waals surface area contributed by atoms with Crippen molar-refractivity contribution in [2.45, 2.75) is 37.6 Å². The van der Waals surface area contributed by atoms with Crippen LogP contribution in [0.2, 0.25) is 0 Å². The van der Waals surface area contributed by atoms with Crippen LogP contribution >= 0.6 is 15.9 Å². The van der Waals surface area contributed by atoms with Crippen molar-refractivity contribution in [1.82, 2.24) is 0 Å². The first kappa shape index (κ1) is 21.4. The monoisotopic (exact) mass is 492 g/mol. The van der Waals surface area contributed by atoms with Gasteiger partial charge in [0.1, 0.15) is 10.6 Å². The van der Waals surface area contributed by atoms with E-state index in [4.69, 9.17) is 0 Å². The molecule has 156 valence electrons. The number of amides is 1. The predicted octanol–water partition coefficient (Wildman–Crippen LogP) is 4.45. The van der Waals surface area contributed by atoms with Crippen molar-refractivity contribution in [1.29, 1.82) is 0 Å². The first-order valence-electron chi connectivity index (χ1n) is 8.38. The molecule has 0 aromatic heterocycles. The normalized spacial score (nSPS) is 16.5. The maximum Gasteiger partial charge on any atom is 0.573 e. The lowest BCUT2D eigenvalue weighted by atomic mass is 10.1. The van der Waals surface area contributed by atoms with Crippen LogP contribution in [-0.2, 0) is 21.2 Å². The number of halogens is 4. The van der Waals surface area contributed by atoms with Crippen molar-refractivity contribution in [3.05, 3.63) is 46.4 Å². The highest BCUT2D eigenvalue weighted by Gasteiger charge is 2.35. The van der Waals surface area contributed by atoms with Crippen LogP contribution < -0.4 is 14.4 Å². The van der Waals surface area contributed by atoms with Gasteiger partial charge in [0.15, 0.2) is 0 Å². The molecular formula is C18H16BrF3N2O4S. The number of alkyl halides is 3. The van der Waals surface area contributed by atoms with Gasteiger partial charge in [0, 0.05) is 23.1 Å². The highest BCUT2D eigenvalue weighted by atomic mass is 79.9. The Bertz CT molecular complexity index is 1060. The van der Waals surface area contributed by atoms with Crippen molar-refractivity contribution >= 4 is 43.2 Å². The number of carbonyl (C=O) groups excluding carboxylic acids is 1. The topological polar surface area (TPSA) is 75.7 Å². The summed E-state index contributed by atoms with van der Waals surface area (Å²) in [6.07, 6.45) is -4.34.